The molecular formula is C16H20N4O3S2. The van der Waals surface area contributed by atoms with Gasteiger partial charge in [0.1, 0.15) is 5.82 Å². The molecule has 0 aliphatic carbocycles. The Morgan fingerprint density at radius 1 is 1.32 bits per heavy atom. The SMILES string of the molecule is Cc1nnc(S[C@@H](C)C(=O)N[C@H]2CCS(=O)(=O)C2)n1-c1ccccc1. The lowest BCUT2D eigenvalue weighted by atomic mass is 10.2. The minimum atomic E-state index is -3.01. The summed E-state index contributed by atoms with van der Waals surface area (Å²) in [5, 5.41) is 11.3. The van der Waals surface area contributed by atoms with Gasteiger partial charge < -0.3 is 5.32 Å². The fraction of sp³-hybridized carbons (Fsp3) is 0.438. The highest BCUT2D eigenvalue weighted by atomic mass is 32.2. The van der Waals surface area contributed by atoms with E-state index >= 15 is 0 Å². The van der Waals surface area contributed by atoms with Gasteiger partial charge in [0.25, 0.3) is 0 Å². The van der Waals surface area contributed by atoms with E-state index in [2.05, 4.69) is 15.5 Å². The largest absolute Gasteiger partial charge is 0.351 e. The minimum absolute atomic E-state index is 0.0232. The number of para-hydroxylation sites is 1. The number of sulfone groups is 1. The predicted octanol–water partition coefficient (Wildman–Crippen LogP) is 1.36. The number of thioether (sulfide) groups is 1. The molecule has 0 saturated carbocycles. The standard InChI is InChI=1S/C16H20N4O3S2/c1-11(15(21)17-13-8-9-25(22,23)10-13)24-16-19-18-12(2)20(16)14-6-4-3-5-7-14/h3-7,11,13H,8-10H2,1-2H3,(H,17,21)/t11-,13-/m0/s1. The van der Waals surface area contributed by atoms with Gasteiger partial charge >= 0.3 is 0 Å². The number of nitrogens with one attached hydrogen (secondary N) is 1. The van der Waals surface area contributed by atoms with Crippen molar-refractivity contribution in [2.75, 3.05) is 11.5 Å². The Morgan fingerprint density at radius 3 is 2.68 bits per heavy atom. The molecule has 0 radical (unpaired) electrons. The van der Waals surface area contributed by atoms with Gasteiger partial charge in [0, 0.05) is 11.7 Å². The minimum Gasteiger partial charge on any atom is -0.351 e. The number of hydrogen-bond acceptors (Lipinski definition) is 6. The second-order valence-electron chi connectivity index (χ2n) is 6.07. The predicted molar refractivity (Wildman–Crippen MR) is 96.6 cm³/mol. The van der Waals surface area contributed by atoms with Crippen molar-refractivity contribution in [2.45, 2.75) is 36.7 Å². The maximum atomic E-state index is 12.4. The van der Waals surface area contributed by atoms with E-state index in [1.54, 1.807) is 6.92 Å². The van der Waals surface area contributed by atoms with Gasteiger partial charge in [0.2, 0.25) is 5.91 Å². The Bertz CT molecular complexity index is 865. The molecule has 1 aromatic heterocycles. The fourth-order valence-electron chi connectivity index (χ4n) is 2.73. The normalized spacial score (nSPS) is 20.3. The first-order chi connectivity index (χ1) is 11.9. The summed E-state index contributed by atoms with van der Waals surface area (Å²) < 4.78 is 24.9. The number of aromatic nitrogens is 3. The van der Waals surface area contributed by atoms with Crippen molar-refractivity contribution in [3.8, 4) is 5.69 Å². The summed E-state index contributed by atoms with van der Waals surface area (Å²) in [5.41, 5.74) is 0.932. The van der Waals surface area contributed by atoms with Crippen LogP contribution in [0.3, 0.4) is 0 Å². The van der Waals surface area contributed by atoms with Crippen LogP contribution < -0.4 is 5.32 Å². The first-order valence-electron chi connectivity index (χ1n) is 8.00. The van der Waals surface area contributed by atoms with E-state index in [9.17, 15) is 13.2 Å². The summed E-state index contributed by atoms with van der Waals surface area (Å²) in [6, 6.07) is 9.40. The van der Waals surface area contributed by atoms with Crippen LogP contribution in [0.2, 0.25) is 0 Å². The van der Waals surface area contributed by atoms with E-state index in [4.69, 9.17) is 0 Å². The van der Waals surface area contributed by atoms with Crippen LogP contribution in [0.25, 0.3) is 5.69 Å². The highest BCUT2D eigenvalue weighted by molar-refractivity contribution is 8.00. The van der Waals surface area contributed by atoms with Crippen molar-refractivity contribution in [1.82, 2.24) is 20.1 Å². The van der Waals surface area contributed by atoms with Crippen LogP contribution in [0.5, 0.6) is 0 Å². The van der Waals surface area contributed by atoms with Crippen molar-refractivity contribution >= 4 is 27.5 Å². The third-order valence-electron chi connectivity index (χ3n) is 4.04. The number of hydrogen-bond donors (Lipinski definition) is 1. The van der Waals surface area contributed by atoms with E-state index in [1.807, 2.05) is 41.8 Å². The molecule has 2 atom stereocenters. The van der Waals surface area contributed by atoms with E-state index in [-0.39, 0.29) is 23.5 Å². The molecule has 1 N–H and O–H groups in total. The molecule has 2 aromatic rings. The van der Waals surface area contributed by atoms with Gasteiger partial charge in [0.15, 0.2) is 15.0 Å². The summed E-state index contributed by atoms with van der Waals surface area (Å²) in [5.74, 6) is 0.715. The Labute approximate surface area is 151 Å². The van der Waals surface area contributed by atoms with E-state index in [1.165, 1.54) is 11.8 Å². The third kappa shape index (κ3) is 4.21. The molecule has 134 valence electrons. The molecule has 1 aromatic carbocycles. The molecule has 3 rings (SSSR count). The highest BCUT2D eigenvalue weighted by Gasteiger charge is 2.30. The highest BCUT2D eigenvalue weighted by Crippen LogP contribution is 2.26. The van der Waals surface area contributed by atoms with Crippen molar-refractivity contribution < 1.29 is 13.2 Å². The number of amides is 1. The van der Waals surface area contributed by atoms with Gasteiger partial charge in [-0.1, -0.05) is 30.0 Å². The summed E-state index contributed by atoms with van der Waals surface area (Å²) in [6.07, 6.45) is 0.477. The van der Waals surface area contributed by atoms with Gasteiger partial charge in [0.05, 0.1) is 16.8 Å². The van der Waals surface area contributed by atoms with Crippen molar-refractivity contribution in [2.24, 2.45) is 0 Å². The Balaban J connectivity index is 1.69. The Hall–Kier alpha value is -1.87. The molecule has 1 aliphatic heterocycles. The van der Waals surface area contributed by atoms with Crippen LogP contribution in [0.15, 0.2) is 35.5 Å². The molecule has 2 heterocycles. The summed E-state index contributed by atoms with van der Waals surface area (Å²) in [7, 11) is -3.01. The molecule has 0 spiro atoms. The number of carbonyl (C=O) groups excluding carboxylic acids is 1. The van der Waals surface area contributed by atoms with Gasteiger partial charge in [-0.05, 0) is 32.4 Å². The number of benzene rings is 1. The van der Waals surface area contributed by atoms with E-state index < -0.39 is 15.1 Å². The number of rotatable bonds is 5. The van der Waals surface area contributed by atoms with Crippen molar-refractivity contribution in [1.29, 1.82) is 0 Å². The lowest BCUT2D eigenvalue weighted by Crippen LogP contribution is -2.40. The van der Waals surface area contributed by atoms with Gasteiger partial charge in [-0.15, -0.1) is 10.2 Å². The molecule has 1 fully saturated rings. The van der Waals surface area contributed by atoms with Gasteiger partial charge in [-0.3, -0.25) is 9.36 Å². The van der Waals surface area contributed by atoms with Crippen LogP contribution >= 0.6 is 11.8 Å². The number of carbonyl (C=O) groups is 1. The van der Waals surface area contributed by atoms with Crippen LogP contribution in [0, 0.1) is 6.92 Å². The maximum Gasteiger partial charge on any atom is 0.233 e. The quantitative estimate of drug-likeness (QED) is 0.787. The van der Waals surface area contributed by atoms with Gasteiger partial charge in [-0.2, -0.15) is 0 Å². The zero-order valence-electron chi connectivity index (χ0n) is 14.0. The molecule has 0 bridgehead atoms. The molecule has 25 heavy (non-hydrogen) atoms. The molecule has 0 unspecified atom stereocenters. The van der Waals surface area contributed by atoms with Crippen molar-refractivity contribution in [3.63, 3.8) is 0 Å². The average Bonchev–Trinajstić information content (AvgIpc) is 3.10. The molecule has 1 aliphatic rings. The van der Waals surface area contributed by atoms with Crippen LogP contribution in [-0.2, 0) is 14.6 Å². The molecular weight excluding hydrogens is 360 g/mol. The maximum absolute atomic E-state index is 12.4. The summed E-state index contributed by atoms with van der Waals surface area (Å²) in [6.45, 7) is 3.64. The lowest BCUT2D eigenvalue weighted by Gasteiger charge is -2.16. The lowest BCUT2D eigenvalue weighted by molar-refractivity contribution is -0.120. The van der Waals surface area contributed by atoms with Crippen LogP contribution in [-0.4, -0.2) is 51.9 Å². The third-order valence-corrected chi connectivity index (χ3v) is 6.85. The zero-order valence-corrected chi connectivity index (χ0v) is 15.7. The van der Waals surface area contributed by atoms with Crippen LogP contribution in [0.1, 0.15) is 19.2 Å². The molecule has 7 nitrogen and oxygen atoms in total. The monoisotopic (exact) mass is 380 g/mol. The van der Waals surface area contributed by atoms with Gasteiger partial charge in [-0.25, -0.2) is 8.42 Å². The first-order valence-corrected chi connectivity index (χ1v) is 10.7. The van der Waals surface area contributed by atoms with E-state index in [0.29, 0.717) is 11.6 Å². The second kappa shape index (κ2) is 7.17. The second-order valence-corrected chi connectivity index (χ2v) is 9.61. The zero-order chi connectivity index (χ0) is 18.0. The molecule has 1 saturated heterocycles. The number of aryl methyl sites for hydroxylation is 1. The average molecular weight is 380 g/mol. The summed E-state index contributed by atoms with van der Waals surface area (Å²) >= 11 is 1.31. The summed E-state index contributed by atoms with van der Waals surface area (Å²) in [4.78, 5) is 12.4. The smallest absolute Gasteiger partial charge is 0.233 e. The molecule has 9 heteroatoms. The number of nitrogens with zero attached hydrogens (tertiary/aromatic N) is 3. The van der Waals surface area contributed by atoms with E-state index in [0.717, 1.165) is 11.5 Å². The topological polar surface area (TPSA) is 94.0 Å². The van der Waals surface area contributed by atoms with Crippen LogP contribution in [0.4, 0.5) is 0 Å². The Morgan fingerprint density at radius 2 is 2.04 bits per heavy atom. The Kier molecular flexibility index (Phi) is 5.14. The van der Waals surface area contributed by atoms with Crippen molar-refractivity contribution in [3.05, 3.63) is 36.2 Å². The fourth-order valence-corrected chi connectivity index (χ4v) is 5.33. The molecule has 1 amide bonds. The first kappa shape index (κ1) is 17.9.